The van der Waals surface area contributed by atoms with Gasteiger partial charge in [-0.3, -0.25) is 20.2 Å². The van der Waals surface area contributed by atoms with E-state index in [-0.39, 0.29) is 45.6 Å². The number of nitro benzene ring substituents is 2. The van der Waals surface area contributed by atoms with Gasteiger partial charge in [-0.1, -0.05) is 68.5 Å². The Morgan fingerprint density at radius 1 is 0.527 bits per heavy atom. The summed E-state index contributed by atoms with van der Waals surface area (Å²) in [6.45, 7) is 24.6. The van der Waals surface area contributed by atoms with E-state index in [1.165, 1.54) is 34.0 Å². The normalized spacial score (nSPS) is 15.2. The fourth-order valence-electron chi connectivity index (χ4n) is 10.7. The highest BCUT2D eigenvalue weighted by Gasteiger charge is 2.44. The first-order chi connectivity index (χ1) is 34.9. The van der Waals surface area contributed by atoms with Crippen molar-refractivity contribution in [3.05, 3.63) is 189 Å². The minimum atomic E-state index is -1.59. The molecule has 0 N–H and O–H groups in total. The minimum Gasteiger partial charge on any atom is -0.491 e. The molecular weight excluding hydrogens is 928 g/mol. The van der Waals surface area contributed by atoms with Crippen LogP contribution < -0.4 is 45.7 Å². The maximum atomic E-state index is 11.3. The number of nitro groups is 2. The van der Waals surface area contributed by atoms with Gasteiger partial charge in [-0.2, -0.15) is 26.4 Å². The summed E-state index contributed by atoms with van der Waals surface area (Å²) in [4.78, 5) is 23.8. The summed E-state index contributed by atoms with van der Waals surface area (Å²) in [5, 5.41) is 22.5. The van der Waals surface area contributed by atoms with Gasteiger partial charge in [0.05, 0.1) is 39.7 Å². The van der Waals surface area contributed by atoms with Crippen LogP contribution in [0.5, 0.6) is 23.0 Å². The van der Waals surface area contributed by atoms with E-state index in [0.717, 1.165) is 56.9 Å². The zero-order valence-corrected chi connectivity index (χ0v) is 45.4. The lowest BCUT2D eigenvalue weighted by Gasteiger charge is -2.44. The number of non-ortho nitro benzene ring substituents is 2. The van der Waals surface area contributed by atoms with Crippen LogP contribution in [0, 0.1) is 20.2 Å². The first-order valence-electron chi connectivity index (χ1n) is 25.5. The molecule has 0 atom stereocenters. The smallest absolute Gasteiger partial charge is 0.270 e. The van der Waals surface area contributed by atoms with E-state index in [2.05, 4.69) is 134 Å². The molecule has 6 aromatic rings. The fourth-order valence-corrected chi connectivity index (χ4v) is 10.7. The Bertz CT molecular complexity index is 2860. The number of nitrogens with zero attached hydrogens (tertiary/aromatic N) is 4. The van der Waals surface area contributed by atoms with Gasteiger partial charge < -0.3 is 23.8 Å². The first-order valence-corrected chi connectivity index (χ1v) is 25.5. The number of rotatable bonds is 16. The van der Waals surface area contributed by atoms with E-state index in [1.54, 1.807) is 24.3 Å². The molecule has 0 aromatic heterocycles. The van der Waals surface area contributed by atoms with E-state index >= 15 is 0 Å². The number of likely N-dealkylation sites (N-methyl/N-ethyl adjacent to an activating group) is 1. The average Bonchev–Trinajstić information content (AvgIpc) is 3.65. The summed E-state index contributed by atoms with van der Waals surface area (Å²) < 4.78 is 26.1. The van der Waals surface area contributed by atoms with Gasteiger partial charge in [-0.25, -0.2) is 0 Å². The fraction of sp³-hybridized carbons (Fsp3) is 0.328. The summed E-state index contributed by atoms with van der Waals surface area (Å²) in [7, 11) is 3.93. The van der Waals surface area contributed by atoms with Gasteiger partial charge in [0.15, 0.2) is 5.71 Å². The lowest BCUT2D eigenvalue weighted by molar-refractivity contribution is -0.402. The Morgan fingerprint density at radius 2 is 0.878 bits per heavy atom. The molecule has 8 rings (SSSR count). The van der Waals surface area contributed by atoms with Gasteiger partial charge in [0.25, 0.3) is 11.4 Å². The Morgan fingerprint density at radius 3 is 1.23 bits per heavy atom. The van der Waals surface area contributed by atoms with Crippen LogP contribution in [-0.4, -0.2) is 64.8 Å². The molecule has 74 heavy (non-hydrogen) atoms. The van der Waals surface area contributed by atoms with Crippen molar-refractivity contribution in [2.45, 2.75) is 118 Å². The molecule has 0 bridgehead atoms. The number of fused-ring (bicyclic) bond motifs is 2. The highest BCUT2D eigenvalue weighted by Crippen LogP contribution is 2.48. The number of hydrogen-bond donors (Lipinski definition) is 0. The van der Waals surface area contributed by atoms with Gasteiger partial charge in [0.1, 0.15) is 36.2 Å². The van der Waals surface area contributed by atoms with Crippen molar-refractivity contribution < 1.29 is 33.4 Å². The van der Waals surface area contributed by atoms with E-state index in [1.807, 2.05) is 87.7 Å². The van der Waals surface area contributed by atoms with Gasteiger partial charge in [0.2, 0.25) is 5.69 Å². The van der Waals surface area contributed by atoms with Crippen molar-refractivity contribution in [1.82, 2.24) is 0 Å². The van der Waals surface area contributed by atoms with Crippen molar-refractivity contribution in [3.63, 3.8) is 0 Å². The number of ether oxygens (including phenoxy) is 4. The zero-order chi connectivity index (χ0) is 53.9. The third-order valence-corrected chi connectivity index (χ3v) is 14.0. The largest absolute Gasteiger partial charge is 0.491 e. The van der Waals surface area contributed by atoms with Gasteiger partial charge in [-0.05, 0) is 135 Å². The molecule has 2 aliphatic heterocycles. The van der Waals surface area contributed by atoms with E-state index < -0.39 is 17.0 Å². The molecule has 2 aliphatic rings. The van der Waals surface area contributed by atoms with E-state index in [0.29, 0.717) is 0 Å². The molecule has 0 aliphatic carbocycles. The second-order valence-electron chi connectivity index (χ2n) is 21.4. The highest BCUT2D eigenvalue weighted by molar-refractivity contribution is 7.19. The molecular formula is C61H71BN4O8. The van der Waals surface area contributed by atoms with Gasteiger partial charge >= 0.3 is 0 Å². The second-order valence-corrected chi connectivity index (χ2v) is 21.4. The van der Waals surface area contributed by atoms with Crippen LogP contribution in [0.3, 0.4) is 0 Å². The quantitative estimate of drug-likeness (QED) is 0.0403. The number of allylic oxidation sites excluding steroid dienone is 4. The number of anilines is 1. The van der Waals surface area contributed by atoms with Crippen molar-refractivity contribution in [3.8, 4) is 23.0 Å². The predicted molar refractivity (Wildman–Crippen MR) is 302 cm³/mol. The Balaban J connectivity index is 0.000000221. The van der Waals surface area contributed by atoms with Crippen molar-refractivity contribution >= 4 is 56.5 Å². The number of benzene rings is 6. The monoisotopic (exact) mass is 999 g/mol. The van der Waals surface area contributed by atoms with Crippen LogP contribution in [0.4, 0.5) is 22.7 Å². The van der Waals surface area contributed by atoms with Crippen molar-refractivity contribution in [1.29, 1.82) is 0 Å². The highest BCUT2D eigenvalue weighted by atomic mass is 16.6. The van der Waals surface area contributed by atoms with Crippen LogP contribution in [0.2, 0.25) is 0 Å². The van der Waals surface area contributed by atoms with Crippen LogP contribution in [0.15, 0.2) is 157 Å². The standard InChI is InChI=1S/C36H44BO4.C25H27N4O4/c1-25(2)38-33-17-9-29(10-18-33)37(30-11-19-34(20-12-30)39-26(3)4,31-13-21-35(22-14-31)40-27(5)6)32-15-23-36(24-16-32)41-28(7)8;1-24(2)18-14-16(28(30)31)10-12-20(18)26(5)22(24)8-7-9-23-25(3,4)19-15-17(29(32)33)11-13-21(19)27(23)6/h9-28H,1-8H3;7-15H,1-6H3/q-1;+1. The van der Waals surface area contributed by atoms with Gasteiger partial charge in [0, 0.05) is 65.8 Å². The average molecular weight is 999 g/mol. The van der Waals surface area contributed by atoms with Crippen LogP contribution in [0.25, 0.3) is 0 Å². The van der Waals surface area contributed by atoms with E-state index in [9.17, 15) is 20.2 Å². The third kappa shape index (κ3) is 11.1. The lowest BCUT2D eigenvalue weighted by atomic mass is 9.13. The van der Waals surface area contributed by atoms with Crippen LogP contribution in [0.1, 0.15) is 94.2 Å². The molecule has 0 fully saturated rings. The van der Waals surface area contributed by atoms with Crippen LogP contribution in [-0.2, 0) is 10.8 Å². The maximum absolute atomic E-state index is 11.3. The molecule has 0 saturated heterocycles. The minimum absolute atomic E-state index is 0.0868. The molecule has 12 nitrogen and oxygen atoms in total. The summed E-state index contributed by atoms with van der Waals surface area (Å²) in [5.41, 5.74) is 9.94. The Labute approximate surface area is 437 Å². The summed E-state index contributed by atoms with van der Waals surface area (Å²) in [6.07, 6.45) is 4.88. The second kappa shape index (κ2) is 21.8. The molecule has 6 aromatic carbocycles. The lowest BCUT2D eigenvalue weighted by Crippen LogP contribution is -2.74. The molecule has 2 heterocycles. The predicted octanol–water partition coefficient (Wildman–Crippen LogP) is 11.6. The SMILES string of the molecule is CC(C)Oc1ccc([B-](c2ccc(OC(C)C)cc2)(c2ccc(OC(C)C)cc2)c2ccc(OC(C)C)cc2)cc1.CN1/C(=C/C=C/C2=[N+](C)c3ccc([N+](=O)[O-])cc3C2(C)C)C(C)(C)c2cc([N+](=O)[O-])ccc21. The third-order valence-electron chi connectivity index (χ3n) is 14.0. The Hall–Kier alpha value is -7.67. The molecule has 386 valence electrons. The molecule has 0 spiro atoms. The van der Waals surface area contributed by atoms with Crippen molar-refractivity contribution in [2.24, 2.45) is 0 Å². The van der Waals surface area contributed by atoms with E-state index in [4.69, 9.17) is 18.9 Å². The molecule has 0 amide bonds. The molecule has 0 radical (unpaired) electrons. The first kappa shape index (κ1) is 54.1. The van der Waals surface area contributed by atoms with Crippen molar-refractivity contribution in [2.75, 3.05) is 19.0 Å². The molecule has 0 unspecified atom stereocenters. The maximum Gasteiger partial charge on any atom is 0.270 e. The summed E-state index contributed by atoms with van der Waals surface area (Å²) in [6, 6.07) is 44.2. The zero-order valence-electron chi connectivity index (χ0n) is 45.4. The summed E-state index contributed by atoms with van der Waals surface area (Å²) in [5.74, 6) is 3.43. The topological polar surface area (TPSA) is 129 Å². The Kier molecular flexibility index (Phi) is 16.0. The van der Waals surface area contributed by atoms with Gasteiger partial charge in [-0.15, -0.1) is 0 Å². The number of hydrogen-bond acceptors (Lipinski definition) is 9. The van der Waals surface area contributed by atoms with Crippen LogP contribution >= 0.6 is 0 Å². The molecule has 13 heteroatoms. The molecule has 0 saturated carbocycles. The summed E-state index contributed by atoms with van der Waals surface area (Å²) >= 11 is 0.